The molecule has 0 aromatic carbocycles. The maximum absolute atomic E-state index is 6.45. The first-order chi connectivity index (χ1) is 8.01. The summed E-state index contributed by atoms with van der Waals surface area (Å²) in [5.41, 5.74) is 1.11. The maximum atomic E-state index is 6.45. The Balaban J connectivity index is 4.75. The third-order valence-electron chi connectivity index (χ3n) is 3.88. The van der Waals surface area contributed by atoms with Gasteiger partial charge in [0.05, 0.1) is 6.10 Å². The van der Waals surface area contributed by atoms with E-state index < -0.39 is 8.32 Å². The molecule has 2 atom stereocenters. The van der Waals surface area contributed by atoms with Gasteiger partial charge in [-0.1, -0.05) is 39.8 Å². The Labute approximate surface area is 115 Å². The highest BCUT2D eigenvalue weighted by molar-refractivity contribution is 6.74. The van der Waals surface area contributed by atoms with Gasteiger partial charge in [0.1, 0.15) is 0 Å². The second-order valence-corrected chi connectivity index (χ2v) is 11.7. The van der Waals surface area contributed by atoms with Crippen LogP contribution in [0.25, 0.3) is 0 Å². The highest BCUT2D eigenvalue weighted by atomic mass is 28.4. The van der Waals surface area contributed by atoms with Crippen molar-refractivity contribution in [2.75, 3.05) is 0 Å². The Hall–Kier alpha value is -0.523. The summed E-state index contributed by atoms with van der Waals surface area (Å²) in [6.07, 6.45) is 7.31. The minimum atomic E-state index is -1.73. The smallest absolute Gasteiger partial charge is 0.192 e. The topological polar surface area (TPSA) is 9.23 Å². The van der Waals surface area contributed by atoms with Crippen LogP contribution in [0.4, 0.5) is 0 Å². The van der Waals surface area contributed by atoms with Gasteiger partial charge in [0.2, 0.25) is 0 Å². The van der Waals surface area contributed by atoms with Crippen molar-refractivity contribution in [2.24, 2.45) is 5.92 Å². The van der Waals surface area contributed by atoms with Crippen LogP contribution in [0.5, 0.6) is 0 Å². The molecule has 0 spiro atoms. The molecule has 1 nitrogen and oxygen atoms in total. The molecule has 0 N–H and O–H groups in total. The Morgan fingerprint density at radius 1 is 1.39 bits per heavy atom. The molecule has 104 valence electrons. The Bertz CT molecular complexity index is 317. The molecule has 18 heavy (non-hydrogen) atoms. The van der Waals surface area contributed by atoms with Gasteiger partial charge in [0, 0.05) is 6.42 Å². The largest absolute Gasteiger partial charge is 0.410 e. The predicted molar refractivity (Wildman–Crippen MR) is 84.1 cm³/mol. The lowest BCUT2D eigenvalue weighted by atomic mass is 9.97. The predicted octanol–water partition coefficient (Wildman–Crippen LogP) is 5.00. The van der Waals surface area contributed by atoms with Gasteiger partial charge >= 0.3 is 0 Å². The average Bonchev–Trinajstić information content (AvgIpc) is 2.14. The monoisotopic (exact) mass is 266 g/mol. The summed E-state index contributed by atoms with van der Waals surface area (Å²) in [4.78, 5) is 0. The van der Waals surface area contributed by atoms with E-state index in [0.717, 1.165) is 18.4 Å². The van der Waals surface area contributed by atoms with E-state index in [1.54, 1.807) is 0 Å². The quantitative estimate of drug-likeness (QED) is 0.373. The lowest BCUT2D eigenvalue weighted by Gasteiger charge is -2.40. The van der Waals surface area contributed by atoms with Crippen LogP contribution in [-0.2, 0) is 4.43 Å². The molecule has 0 radical (unpaired) electrons. The lowest BCUT2D eigenvalue weighted by Crippen LogP contribution is -2.44. The molecule has 0 heterocycles. The third kappa shape index (κ3) is 5.41. The Morgan fingerprint density at radius 3 is 2.22 bits per heavy atom. The molecule has 0 saturated heterocycles. The first-order valence-corrected chi connectivity index (χ1v) is 9.68. The number of hydrogen-bond acceptors (Lipinski definition) is 1. The molecular formula is C16H30OSi. The zero-order valence-corrected chi connectivity index (χ0v) is 14.3. The van der Waals surface area contributed by atoms with Crippen LogP contribution < -0.4 is 0 Å². The van der Waals surface area contributed by atoms with Crippen molar-refractivity contribution in [2.45, 2.75) is 71.7 Å². The molecule has 0 aliphatic carbocycles. The van der Waals surface area contributed by atoms with Crippen LogP contribution >= 0.6 is 0 Å². The molecule has 0 aliphatic rings. The van der Waals surface area contributed by atoms with E-state index in [9.17, 15) is 0 Å². The van der Waals surface area contributed by atoms with Crippen LogP contribution in [0, 0.1) is 18.3 Å². The first kappa shape index (κ1) is 17.5. The van der Waals surface area contributed by atoms with Crippen LogP contribution in [0.1, 0.15) is 47.5 Å². The van der Waals surface area contributed by atoms with E-state index in [-0.39, 0.29) is 11.1 Å². The number of hydrogen-bond donors (Lipinski definition) is 0. The SMILES string of the molecule is C#CC[C@@H](C)C[C@H](O[Si](C)(C)C(C)(C)C)C(=C)C. The van der Waals surface area contributed by atoms with E-state index in [1.165, 1.54) is 0 Å². The highest BCUT2D eigenvalue weighted by Gasteiger charge is 2.39. The fourth-order valence-electron chi connectivity index (χ4n) is 1.53. The summed E-state index contributed by atoms with van der Waals surface area (Å²) in [5.74, 6) is 3.22. The van der Waals surface area contributed by atoms with Crippen LogP contribution in [-0.4, -0.2) is 14.4 Å². The van der Waals surface area contributed by atoms with Gasteiger partial charge in [-0.15, -0.1) is 12.3 Å². The van der Waals surface area contributed by atoms with Crippen molar-refractivity contribution in [1.82, 2.24) is 0 Å². The summed E-state index contributed by atoms with van der Waals surface area (Å²) >= 11 is 0. The first-order valence-electron chi connectivity index (χ1n) is 6.78. The molecule has 0 aromatic rings. The molecule has 0 aromatic heterocycles. The third-order valence-corrected chi connectivity index (χ3v) is 8.36. The molecular weight excluding hydrogens is 236 g/mol. The molecule has 0 bridgehead atoms. The minimum absolute atomic E-state index is 0.147. The van der Waals surface area contributed by atoms with Gasteiger partial charge in [-0.05, 0) is 37.4 Å². The van der Waals surface area contributed by atoms with Crippen LogP contribution in [0.15, 0.2) is 12.2 Å². The zero-order chi connectivity index (χ0) is 14.6. The van der Waals surface area contributed by atoms with E-state index in [2.05, 4.69) is 60.2 Å². The summed E-state index contributed by atoms with van der Waals surface area (Å²) < 4.78 is 6.45. The normalized spacial score (nSPS) is 15.9. The number of terminal acetylenes is 1. The van der Waals surface area contributed by atoms with Crippen LogP contribution in [0.2, 0.25) is 18.1 Å². The van der Waals surface area contributed by atoms with Crippen LogP contribution in [0.3, 0.4) is 0 Å². The van der Waals surface area contributed by atoms with Crippen molar-refractivity contribution in [1.29, 1.82) is 0 Å². The van der Waals surface area contributed by atoms with Gasteiger partial charge in [0.15, 0.2) is 8.32 Å². The zero-order valence-electron chi connectivity index (χ0n) is 13.3. The molecule has 0 aliphatic heterocycles. The van der Waals surface area contributed by atoms with E-state index in [4.69, 9.17) is 10.8 Å². The van der Waals surface area contributed by atoms with Crippen molar-refractivity contribution in [3.05, 3.63) is 12.2 Å². The summed E-state index contributed by atoms with van der Waals surface area (Å²) in [6, 6.07) is 0. The molecule has 0 amide bonds. The van der Waals surface area contributed by atoms with E-state index in [0.29, 0.717) is 5.92 Å². The highest BCUT2D eigenvalue weighted by Crippen LogP contribution is 2.38. The Kier molecular flexibility index (Phi) is 6.40. The van der Waals surface area contributed by atoms with Crippen molar-refractivity contribution < 1.29 is 4.43 Å². The number of rotatable bonds is 6. The van der Waals surface area contributed by atoms with Gasteiger partial charge in [-0.2, -0.15) is 0 Å². The van der Waals surface area contributed by atoms with Gasteiger partial charge in [0.25, 0.3) is 0 Å². The molecule has 0 saturated carbocycles. The molecule has 2 heteroatoms. The van der Waals surface area contributed by atoms with Gasteiger partial charge in [-0.25, -0.2) is 0 Å². The van der Waals surface area contributed by atoms with Crippen molar-refractivity contribution in [3.8, 4) is 12.3 Å². The van der Waals surface area contributed by atoms with Crippen molar-refractivity contribution in [3.63, 3.8) is 0 Å². The molecule has 0 fully saturated rings. The second kappa shape index (κ2) is 6.59. The van der Waals surface area contributed by atoms with E-state index in [1.807, 2.05) is 0 Å². The fraction of sp³-hybridized carbons (Fsp3) is 0.750. The van der Waals surface area contributed by atoms with Crippen molar-refractivity contribution >= 4 is 8.32 Å². The Morgan fingerprint density at radius 2 is 1.89 bits per heavy atom. The summed E-state index contributed by atoms with van der Waals surface area (Å²) in [7, 11) is -1.73. The standard InChI is InChI=1S/C16H30OSi/c1-10-11-14(4)12-15(13(2)3)17-18(8,9)16(5,6)7/h1,14-15H,2,11-12H2,3-9H3/t14-,15+/m1/s1. The maximum Gasteiger partial charge on any atom is 0.192 e. The van der Waals surface area contributed by atoms with Gasteiger partial charge in [-0.3, -0.25) is 0 Å². The summed E-state index contributed by atoms with van der Waals surface area (Å²) in [6.45, 7) is 19.7. The lowest BCUT2D eigenvalue weighted by molar-refractivity contribution is 0.185. The molecule has 0 rings (SSSR count). The second-order valence-electron chi connectivity index (χ2n) is 6.96. The van der Waals surface area contributed by atoms with Gasteiger partial charge < -0.3 is 4.43 Å². The fourth-order valence-corrected chi connectivity index (χ4v) is 2.89. The molecule has 0 unspecified atom stereocenters. The summed E-state index contributed by atoms with van der Waals surface area (Å²) in [5, 5.41) is 0.232. The average molecular weight is 267 g/mol. The van der Waals surface area contributed by atoms with E-state index >= 15 is 0 Å². The minimum Gasteiger partial charge on any atom is -0.410 e.